The maximum Gasteiger partial charge on any atom is 0.238 e. The Morgan fingerprint density at radius 1 is 1.07 bits per heavy atom. The molecule has 160 valence electrons. The molecule has 0 saturated carbocycles. The van der Waals surface area contributed by atoms with Gasteiger partial charge in [0.1, 0.15) is 0 Å². The molecule has 1 aliphatic heterocycles. The zero-order chi connectivity index (χ0) is 21.5. The van der Waals surface area contributed by atoms with Gasteiger partial charge in [0, 0.05) is 50.3 Å². The summed E-state index contributed by atoms with van der Waals surface area (Å²) in [6, 6.07) is 9.94. The normalized spacial score (nSPS) is 15.6. The molecule has 1 aromatic heterocycles. The van der Waals surface area contributed by atoms with Crippen LogP contribution in [0.5, 0.6) is 0 Å². The van der Waals surface area contributed by atoms with Crippen LogP contribution in [0.3, 0.4) is 0 Å². The van der Waals surface area contributed by atoms with E-state index in [-0.39, 0.29) is 17.9 Å². The zero-order valence-corrected chi connectivity index (χ0v) is 18.0. The van der Waals surface area contributed by atoms with E-state index in [2.05, 4.69) is 20.5 Å². The maximum atomic E-state index is 12.5. The summed E-state index contributed by atoms with van der Waals surface area (Å²) in [5.74, 6) is 0.0736. The maximum absolute atomic E-state index is 12.5. The second-order valence-electron chi connectivity index (χ2n) is 7.86. The van der Waals surface area contributed by atoms with E-state index in [1.54, 1.807) is 6.20 Å². The highest BCUT2D eigenvalue weighted by molar-refractivity contribution is 5.93. The Bertz CT molecular complexity index is 843. The van der Waals surface area contributed by atoms with Crippen molar-refractivity contribution in [1.29, 1.82) is 0 Å². The minimum atomic E-state index is -0.0147. The fourth-order valence-electron chi connectivity index (χ4n) is 3.65. The molecule has 2 aromatic rings. The smallest absolute Gasteiger partial charge is 0.238 e. The van der Waals surface area contributed by atoms with Crippen molar-refractivity contribution < 1.29 is 9.59 Å². The van der Waals surface area contributed by atoms with E-state index in [9.17, 15) is 9.59 Å². The average Bonchev–Trinajstić information content (AvgIpc) is 2.75. The van der Waals surface area contributed by atoms with Crippen LogP contribution in [0.15, 0.2) is 42.7 Å². The number of amides is 2. The minimum Gasteiger partial charge on any atom is -0.339 e. The molecule has 1 atom stereocenters. The topological polar surface area (TPSA) is 77.6 Å². The summed E-state index contributed by atoms with van der Waals surface area (Å²) in [4.78, 5) is 33.1. The summed E-state index contributed by atoms with van der Waals surface area (Å²) >= 11 is 0. The monoisotopic (exact) mass is 409 g/mol. The van der Waals surface area contributed by atoms with Gasteiger partial charge < -0.3 is 15.5 Å². The molecule has 2 amide bonds. The van der Waals surface area contributed by atoms with Crippen molar-refractivity contribution in [3.8, 4) is 0 Å². The van der Waals surface area contributed by atoms with Crippen molar-refractivity contribution in [1.82, 2.24) is 20.1 Å². The van der Waals surface area contributed by atoms with Crippen molar-refractivity contribution in [2.24, 2.45) is 0 Å². The van der Waals surface area contributed by atoms with Crippen molar-refractivity contribution in [2.75, 3.05) is 44.6 Å². The molecule has 7 nitrogen and oxygen atoms in total. The van der Waals surface area contributed by atoms with Crippen molar-refractivity contribution >= 4 is 17.5 Å². The van der Waals surface area contributed by atoms with Crippen molar-refractivity contribution in [2.45, 2.75) is 26.8 Å². The third kappa shape index (κ3) is 5.87. The van der Waals surface area contributed by atoms with E-state index >= 15 is 0 Å². The number of anilines is 1. The summed E-state index contributed by atoms with van der Waals surface area (Å²) in [6.45, 7) is 9.32. The number of aromatic nitrogens is 1. The van der Waals surface area contributed by atoms with Crippen LogP contribution in [0.4, 0.5) is 5.69 Å². The number of pyridine rings is 1. The standard InChI is InChI=1S/C23H31N5O2/c1-17-6-4-7-18(2)23(17)26-21(29)16-27-10-12-28(13-11-27)22(30)15-25-19(3)20-8-5-9-24-14-20/h4-9,14,19,25H,10-13,15-16H2,1-3H3,(H,26,29). The molecule has 2 heterocycles. The lowest BCUT2D eigenvalue weighted by Crippen LogP contribution is -2.52. The molecule has 0 radical (unpaired) electrons. The van der Waals surface area contributed by atoms with Gasteiger partial charge in [-0.05, 0) is 43.5 Å². The molecule has 0 bridgehead atoms. The van der Waals surface area contributed by atoms with E-state index in [0.717, 1.165) is 22.4 Å². The molecule has 0 spiro atoms. The van der Waals surface area contributed by atoms with Crippen LogP contribution in [0, 0.1) is 13.8 Å². The van der Waals surface area contributed by atoms with E-state index in [4.69, 9.17) is 0 Å². The van der Waals surface area contributed by atoms with Crippen LogP contribution in [0.1, 0.15) is 29.7 Å². The Morgan fingerprint density at radius 3 is 2.40 bits per heavy atom. The van der Waals surface area contributed by atoms with Gasteiger partial charge in [0.25, 0.3) is 0 Å². The van der Waals surface area contributed by atoms with Gasteiger partial charge in [-0.25, -0.2) is 0 Å². The fraction of sp³-hybridized carbons (Fsp3) is 0.435. The number of benzene rings is 1. The highest BCUT2D eigenvalue weighted by Crippen LogP contribution is 2.19. The Labute approximate surface area is 178 Å². The molecular formula is C23H31N5O2. The predicted molar refractivity (Wildman–Crippen MR) is 118 cm³/mol. The highest BCUT2D eigenvalue weighted by atomic mass is 16.2. The molecule has 1 fully saturated rings. The summed E-state index contributed by atoms with van der Waals surface area (Å²) in [6.07, 6.45) is 3.55. The quantitative estimate of drug-likeness (QED) is 0.733. The lowest BCUT2D eigenvalue weighted by atomic mass is 10.1. The van der Waals surface area contributed by atoms with Crippen LogP contribution in [-0.2, 0) is 9.59 Å². The van der Waals surface area contributed by atoms with Crippen LogP contribution in [-0.4, -0.2) is 65.9 Å². The van der Waals surface area contributed by atoms with Crippen LogP contribution in [0.2, 0.25) is 0 Å². The molecule has 3 rings (SSSR count). The van der Waals surface area contributed by atoms with Crippen LogP contribution in [0.25, 0.3) is 0 Å². The minimum absolute atomic E-state index is 0.0147. The van der Waals surface area contributed by atoms with Crippen LogP contribution >= 0.6 is 0 Å². The first kappa shape index (κ1) is 21.9. The SMILES string of the molecule is Cc1cccc(C)c1NC(=O)CN1CCN(C(=O)CNC(C)c2cccnc2)CC1. The number of nitrogens with one attached hydrogen (secondary N) is 2. The number of hydrogen-bond acceptors (Lipinski definition) is 5. The first-order valence-corrected chi connectivity index (χ1v) is 10.4. The lowest BCUT2D eigenvalue weighted by molar-refractivity contribution is -0.132. The van der Waals surface area contributed by atoms with Gasteiger partial charge in [0.2, 0.25) is 11.8 Å². The number of carbonyl (C=O) groups excluding carboxylic acids is 2. The van der Waals surface area contributed by atoms with Crippen molar-refractivity contribution in [3.63, 3.8) is 0 Å². The Balaban J connectivity index is 1.41. The zero-order valence-electron chi connectivity index (χ0n) is 18.0. The van der Waals surface area contributed by atoms with E-state index in [0.29, 0.717) is 39.3 Å². The summed E-state index contributed by atoms with van der Waals surface area (Å²) in [5.41, 5.74) is 4.08. The molecule has 1 aromatic carbocycles. The average molecular weight is 410 g/mol. The van der Waals surface area contributed by atoms with Crippen LogP contribution < -0.4 is 10.6 Å². The number of nitrogens with zero attached hydrogens (tertiary/aromatic N) is 3. The lowest BCUT2D eigenvalue weighted by Gasteiger charge is -2.34. The van der Waals surface area contributed by atoms with E-state index in [1.165, 1.54) is 0 Å². The molecule has 30 heavy (non-hydrogen) atoms. The van der Waals surface area contributed by atoms with Gasteiger partial charge in [-0.2, -0.15) is 0 Å². The van der Waals surface area contributed by atoms with Gasteiger partial charge in [-0.1, -0.05) is 24.3 Å². The second-order valence-corrected chi connectivity index (χ2v) is 7.86. The van der Waals surface area contributed by atoms with E-state index in [1.807, 2.05) is 62.2 Å². The molecule has 1 saturated heterocycles. The third-order valence-corrected chi connectivity index (χ3v) is 5.58. The van der Waals surface area contributed by atoms with Gasteiger partial charge in [-0.3, -0.25) is 19.5 Å². The van der Waals surface area contributed by atoms with Crippen molar-refractivity contribution in [3.05, 3.63) is 59.4 Å². The third-order valence-electron chi connectivity index (χ3n) is 5.58. The molecule has 1 aliphatic rings. The van der Waals surface area contributed by atoms with Gasteiger partial charge >= 0.3 is 0 Å². The first-order valence-electron chi connectivity index (χ1n) is 10.4. The van der Waals surface area contributed by atoms with Gasteiger partial charge in [-0.15, -0.1) is 0 Å². The molecule has 0 aliphatic carbocycles. The summed E-state index contributed by atoms with van der Waals surface area (Å²) in [5, 5.41) is 6.30. The number of aryl methyl sites for hydroxylation is 2. The second kappa shape index (κ2) is 10.3. The predicted octanol–water partition coefficient (Wildman–Crippen LogP) is 2.13. The van der Waals surface area contributed by atoms with Gasteiger partial charge in [0.15, 0.2) is 0 Å². The van der Waals surface area contributed by atoms with E-state index < -0.39 is 0 Å². The summed E-state index contributed by atoms with van der Waals surface area (Å²) in [7, 11) is 0. The van der Waals surface area contributed by atoms with Gasteiger partial charge in [0.05, 0.1) is 13.1 Å². The molecule has 7 heteroatoms. The molecule has 1 unspecified atom stereocenters. The number of para-hydroxylation sites is 1. The number of rotatable bonds is 7. The Hall–Kier alpha value is -2.77. The Morgan fingerprint density at radius 2 is 1.77 bits per heavy atom. The highest BCUT2D eigenvalue weighted by Gasteiger charge is 2.23. The number of piperazine rings is 1. The molecule has 2 N–H and O–H groups in total. The fourth-order valence-corrected chi connectivity index (χ4v) is 3.65. The number of carbonyl (C=O) groups is 2. The number of hydrogen-bond donors (Lipinski definition) is 2. The first-order chi connectivity index (χ1) is 14.4. The molecular weight excluding hydrogens is 378 g/mol. The Kier molecular flexibility index (Phi) is 7.54. The summed E-state index contributed by atoms with van der Waals surface area (Å²) < 4.78 is 0. The largest absolute Gasteiger partial charge is 0.339 e.